The fourth-order valence-corrected chi connectivity index (χ4v) is 1.85. The lowest BCUT2D eigenvalue weighted by Gasteiger charge is -2.02. The van der Waals surface area contributed by atoms with Gasteiger partial charge in [0.05, 0.1) is 35.9 Å². The summed E-state index contributed by atoms with van der Waals surface area (Å²) in [5.41, 5.74) is 2.11. The van der Waals surface area contributed by atoms with Crippen LogP contribution in [0.25, 0.3) is 5.69 Å². The van der Waals surface area contributed by atoms with Crippen molar-refractivity contribution in [3.05, 3.63) is 72.6 Å². The first-order valence-electron chi connectivity index (χ1n) is 6.46. The van der Waals surface area contributed by atoms with Crippen molar-refractivity contribution in [1.82, 2.24) is 25.1 Å². The van der Waals surface area contributed by atoms with E-state index in [1.165, 1.54) is 6.20 Å². The van der Waals surface area contributed by atoms with Crippen molar-refractivity contribution in [2.24, 2.45) is 0 Å². The molecule has 6 heteroatoms. The molecule has 1 amide bonds. The molecule has 0 aromatic carbocycles. The van der Waals surface area contributed by atoms with Crippen molar-refractivity contribution in [3.8, 4) is 5.69 Å². The topological polar surface area (TPSA) is 72.7 Å². The molecule has 0 fully saturated rings. The minimum atomic E-state index is -0.184. The first-order valence-corrected chi connectivity index (χ1v) is 6.46. The van der Waals surface area contributed by atoms with Gasteiger partial charge in [-0.05, 0) is 24.3 Å². The Morgan fingerprint density at radius 2 is 2.10 bits per heavy atom. The fraction of sp³-hybridized carbons (Fsp3) is 0.0667. The van der Waals surface area contributed by atoms with E-state index < -0.39 is 0 Å². The summed E-state index contributed by atoms with van der Waals surface area (Å²) in [5, 5.41) is 6.97. The number of amides is 1. The third-order valence-corrected chi connectivity index (χ3v) is 2.91. The summed E-state index contributed by atoms with van der Waals surface area (Å²) in [6.07, 6.45) is 8.27. The van der Waals surface area contributed by atoms with Gasteiger partial charge < -0.3 is 5.32 Å². The second-order valence-corrected chi connectivity index (χ2v) is 4.39. The van der Waals surface area contributed by atoms with Crippen LogP contribution in [0.5, 0.6) is 0 Å². The Balaban J connectivity index is 1.67. The Morgan fingerprint density at radius 3 is 2.86 bits per heavy atom. The van der Waals surface area contributed by atoms with Gasteiger partial charge in [-0.1, -0.05) is 6.07 Å². The van der Waals surface area contributed by atoms with Crippen molar-refractivity contribution in [3.63, 3.8) is 0 Å². The van der Waals surface area contributed by atoms with Crippen LogP contribution in [-0.4, -0.2) is 25.7 Å². The summed E-state index contributed by atoms with van der Waals surface area (Å²) in [6.45, 7) is 0.387. The molecular formula is C15H13N5O. The van der Waals surface area contributed by atoms with E-state index in [9.17, 15) is 4.79 Å². The molecule has 3 aromatic rings. The maximum Gasteiger partial charge on any atom is 0.254 e. The molecule has 0 spiro atoms. The molecule has 3 rings (SSSR count). The molecule has 0 aliphatic carbocycles. The molecule has 21 heavy (non-hydrogen) atoms. The Morgan fingerprint density at radius 1 is 1.14 bits per heavy atom. The number of hydrogen-bond acceptors (Lipinski definition) is 4. The van der Waals surface area contributed by atoms with Gasteiger partial charge in [0, 0.05) is 18.6 Å². The monoisotopic (exact) mass is 279 g/mol. The Bertz CT molecular complexity index is 724. The third-order valence-electron chi connectivity index (χ3n) is 2.91. The molecule has 1 N–H and O–H groups in total. The van der Waals surface area contributed by atoms with Crippen molar-refractivity contribution >= 4 is 5.91 Å². The number of carbonyl (C=O) groups is 1. The van der Waals surface area contributed by atoms with Gasteiger partial charge in [-0.15, -0.1) is 0 Å². The van der Waals surface area contributed by atoms with Crippen LogP contribution in [0.1, 0.15) is 16.1 Å². The Kier molecular flexibility index (Phi) is 3.68. The van der Waals surface area contributed by atoms with E-state index in [2.05, 4.69) is 20.4 Å². The number of hydrogen-bond donors (Lipinski definition) is 1. The summed E-state index contributed by atoms with van der Waals surface area (Å²) < 4.78 is 1.61. The first-order chi connectivity index (χ1) is 10.3. The number of rotatable bonds is 4. The molecule has 0 unspecified atom stereocenters. The molecule has 0 aliphatic heterocycles. The van der Waals surface area contributed by atoms with Crippen LogP contribution in [0, 0.1) is 0 Å². The van der Waals surface area contributed by atoms with Crippen molar-refractivity contribution in [1.29, 1.82) is 0 Å². The van der Waals surface area contributed by atoms with E-state index >= 15 is 0 Å². The van der Waals surface area contributed by atoms with Crippen LogP contribution in [-0.2, 0) is 6.54 Å². The molecule has 3 heterocycles. The predicted octanol–water partition coefficient (Wildman–Crippen LogP) is 1.59. The molecule has 0 radical (unpaired) electrons. The van der Waals surface area contributed by atoms with Gasteiger partial charge in [-0.2, -0.15) is 5.10 Å². The number of nitrogens with one attached hydrogen (secondary N) is 1. The van der Waals surface area contributed by atoms with E-state index in [0.717, 1.165) is 11.4 Å². The van der Waals surface area contributed by atoms with Crippen LogP contribution in [0.4, 0.5) is 0 Å². The summed E-state index contributed by atoms with van der Waals surface area (Å²) >= 11 is 0. The fourth-order valence-electron chi connectivity index (χ4n) is 1.85. The molecule has 104 valence electrons. The largest absolute Gasteiger partial charge is 0.346 e. The van der Waals surface area contributed by atoms with Gasteiger partial charge in [0.2, 0.25) is 0 Å². The Labute approximate surface area is 121 Å². The van der Waals surface area contributed by atoms with E-state index in [1.807, 2.05) is 30.3 Å². The highest BCUT2D eigenvalue weighted by molar-refractivity contribution is 5.93. The smallest absolute Gasteiger partial charge is 0.254 e. The van der Waals surface area contributed by atoms with Gasteiger partial charge in [0.15, 0.2) is 0 Å². The number of carbonyl (C=O) groups excluding carboxylic acids is 1. The maximum absolute atomic E-state index is 12.1. The quantitative estimate of drug-likeness (QED) is 0.787. The SMILES string of the molecule is O=C(NCc1ccccn1)c1cnn(-c2cccnc2)c1. The van der Waals surface area contributed by atoms with E-state index in [4.69, 9.17) is 0 Å². The van der Waals surface area contributed by atoms with Crippen LogP contribution in [0.15, 0.2) is 61.3 Å². The molecule has 0 saturated heterocycles. The Hall–Kier alpha value is -3.02. The standard InChI is InChI=1S/C15H13N5O/c21-15(18-9-13-4-1-2-7-17-13)12-8-19-20(11-12)14-5-3-6-16-10-14/h1-8,10-11H,9H2,(H,18,21). The summed E-state index contributed by atoms with van der Waals surface area (Å²) in [6, 6.07) is 9.27. The lowest BCUT2D eigenvalue weighted by atomic mass is 10.3. The number of nitrogens with zero attached hydrogens (tertiary/aromatic N) is 4. The van der Waals surface area contributed by atoms with E-state index in [0.29, 0.717) is 12.1 Å². The summed E-state index contributed by atoms with van der Waals surface area (Å²) in [5.74, 6) is -0.184. The molecule has 0 aliphatic rings. The highest BCUT2D eigenvalue weighted by Gasteiger charge is 2.09. The third kappa shape index (κ3) is 3.11. The molecule has 0 atom stereocenters. The molecule has 0 bridgehead atoms. The zero-order chi connectivity index (χ0) is 14.5. The molecule has 6 nitrogen and oxygen atoms in total. The predicted molar refractivity (Wildman–Crippen MR) is 76.8 cm³/mol. The lowest BCUT2D eigenvalue weighted by Crippen LogP contribution is -2.22. The first kappa shape index (κ1) is 13.0. The second-order valence-electron chi connectivity index (χ2n) is 4.39. The normalized spacial score (nSPS) is 10.3. The highest BCUT2D eigenvalue weighted by Crippen LogP contribution is 2.06. The van der Waals surface area contributed by atoms with Crippen LogP contribution in [0.3, 0.4) is 0 Å². The van der Waals surface area contributed by atoms with Crippen LogP contribution in [0.2, 0.25) is 0 Å². The van der Waals surface area contributed by atoms with Gasteiger partial charge >= 0.3 is 0 Å². The van der Waals surface area contributed by atoms with Crippen molar-refractivity contribution < 1.29 is 4.79 Å². The van der Waals surface area contributed by atoms with E-state index in [1.54, 1.807) is 29.5 Å². The van der Waals surface area contributed by atoms with Crippen LogP contribution >= 0.6 is 0 Å². The summed E-state index contributed by atoms with van der Waals surface area (Å²) in [7, 11) is 0. The molecule has 3 aromatic heterocycles. The van der Waals surface area contributed by atoms with Crippen molar-refractivity contribution in [2.45, 2.75) is 6.54 Å². The average Bonchev–Trinajstić information content (AvgIpc) is 3.04. The number of aromatic nitrogens is 4. The zero-order valence-corrected chi connectivity index (χ0v) is 11.2. The van der Waals surface area contributed by atoms with Crippen LogP contribution < -0.4 is 5.32 Å². The lowest BCUT2D eigenvalue weighted by molar-refractivity contribution is 0.0950. The maximum atomic E-state index is 12.1. The summed E-state index contributed by atoms with van der Waals surface area (Å²) in [4.78, 5) is 20.2. The number of pyridine rings is 2. The zero-order valence-electron chi connectivity index (χ0n) is 11.2. The molecular weight excluding hydrogens is 266 g/mol. The minimum Gasteiger partial charge on any atom is -0.346 e. The van der Waals surface area contributed by atoms with E-state index in [-0.39, 0.29) is 5.91 Å². The average molecular weight is 279 g/mol. The van der Waals surface area contributed by atoms with Gasteiger partial charge in [0.25, 0.3) is 5.91 Å². The highest BCUT2D eigenvalue weighted by atomic mass is 16.1. The molecule has 0 saturated carbocycles. The van der Waals surface area contributed by atoms with Gasteiger partial charge in [0.1, 0.15) is 0 Å². The van der Waals surface area contributed by atoms with Crippen molar-refractivity contribution in [2.75, 3.05) is 0 Å². The van der Waals surface area contributed by atoms with Gasteiger partial charge in [-0.25, -0.2) is 4.68 Å². The van der Waals surface area contributed by atoms with Gasteiger partial charge in [-0.3, -0.25) is 14.8 Å². The second kappa shape index (κ2) is 5.96. The minimum absolute atomic E-state index is 0.184.